The van der Waals surface area contributed by atoms with Crippen molar-refractivity contribution in [2.45, 2.75) is 38.3 Å². The highest BCUT2D eigenvalue weighted by atomic mass is 16.5. The Morgan fingerprint density at radius 3 is 2.62 bits per heavy atom. The fourth-order valence-electron chi connectivity index (χ4n) is 4.31. The summed E-state index contributed by atoms with van der Waals surface area (Å²) in [4.78, 5) is 17.9. The summed E-state index contributed by atoms with van der Waals surface area (Å²) in [6.45, 7) is 1.42. The lowest BCUT2D eigenvalue weighted by atomic mass is 9.86. The number of nitrogens with one attached hydrogen (secondary N) is 1. The summed E-state index contributed by atoms with van der Waals surface area (Å²) in [6, 6.07) is 14.2. The maximum atomic E-state index is 6.12. The molecule has 0 atom stereocenters. The molecular weight excluding hydrogens is 402 g/mol. The van der Waals surface area contributed by atoms with Gasteiger partial charge < -0.3 is 14.8 Å². The van der Waals surface area contributed by atoms with Crippen LogP contribution in [0.2, 0.25) is 0 Å². The van der Waals surface area contributed by atoms with Crippen molar-refractivity contribution in [3.63, 3.8) is 0 Å². The first-order valence-electron chi connectivity index (χ1n) is 11.1. The predicted molar refractivity (Wildman–Crippen MR) is 124 cm³/mol. The van der Waals surface area contributed by atoms with Gasteiger partial charge in [0.15, 0.2) is 0 Å². The van der Waals surface area contributed by atoms with E-state index in [1.165, 1.54) is 0 Å². The first-order chi connectivity index (χ1) is 15.8. The Morgan fingerprint density at radius 1 is 0.938 bits per heavy atom. The molecule has 1 N–H and O–H groups in total. The smallest absolute Gasteiger partial charge is 0.224 e. The SMILES string of the molecule is COc1ccc2ncnc(OCC3CCC(NCc4cnc5ccccc5n4)CC3)c2c1. The molecule has 2 aromatic carbocycles. The Kier molecular flexibility index (Phi) is 6.07. The Morgan fingerprint density at radius 2 is 1.78 bits per heavy atom. The fraction of sp³-hybridized carbons (Fsp3) is 0.360. The molecule has 0 bridgehead atoms. The van der Waals surface area contributed by atoms with E-state index in [9.17, 15) is 0 Å². The van der Waals surface area contributed by atoms with Gasteiger partial charge in [-0.3, -0.25) is 4.98 Å². The van der Waals surface area contributed by atoms with E-state index in [0.29, 0.717) is 24.4 Å². The molecule has 0 saturated heterocycles. The molecule has 0 radical (unpaired) electrons. The van der Waals surface area contributed by atoms with Crippen molar-refractivity contribution in [2.75, 3.05) is 13.7 Å². The summed E-state index contributed by atoms with van der Waals surface area (Å²) in [5, 5.41) is 4.54. The molecule has 164 valence electrons. The minimum Gasteiger partial charge on any atom is -0.497 e. The third-order valence-corrected chi connectivity index (χ3v) is 6.18. The van der Waals surface area contributed by atoms with Gasteiger partial charge in [0.2, 0.25) is 5.88 Å². The molecule has 0 spiro atoms. The van der Waals surface area contributed by atoms with Crippen LogP contribution >= 0.6 is 0 Å². The molecule has 1 fully saturated rings. The van der Waals surface area contributed by atoms with Crippen LogP contribution in [0.4, 0.5) is 0 Å². The van der Waals surface area contributed by atoms with Crippen LogP contribution in [-0.2, 0) is 6.54 Å². The van der Waals surface area contributed by atoms with Gasteiger partial charge >= 0.3 is 0 Å². The van der Waals surface area contributed by atoms with Gasteiger partial charge in [0.05, 0.1) is 47.5 Å². The highest BCUT2D eigenvalue weighted by molar-refractivity contribution is 5.84. The van der Waals surface area contributed by atoms with E-state index in [1.807, 2.05) is 48.7 Å². The molecule has 0 unspecified atom stereocenters. The van der Waals surface area contributed by atoms with Gasteiger partial charge in [-0.2, -0.15) is 0 Å². The number of hydrogen-bond acceptors (Lipinski definition) is 7. The van der Waals surface area contributed by atoms with Crippen molar-refractivity contribution in [1.82, 2.24) is 25.3 Å². The third kappa shape index (κ3) is 4.62. The maximum Gasteiger partial charge on any atom is 0.224 e. The highest BCUT2D eigenvalue weighted by Crippen LogP contribution is 2.29. The van der Waals surface area contributed by atoms with Crippen LogP contribution in [0, 0.1) is 5.92 Å². The molecule has 5 rings (SSSR count). The molecule has 2 heterocycles. The second kappa shape index (κ2) is 9.44. The zero-order valence-electron chi connectivity index (χ0n) is 18.2. The first-order valence-corrected chi connectivity index (χ1v) is 11.1. The Balaban J connectivity index is 1.12. The van der Waals surface area contributed by atoms with Crippen molar-refractivity contribution in [3.8, 4) is 11.6 Å². The second-order valence-electron chi connectivity index (χ2n) is 8.32. The summed E-state index contributed by atoms with van der Waals surface area (Å²) in [6.07, 6.45) is 7.96. The van der Waals surface area contributed by atoms with Crippen molar-refractivity contribution in [1.29, 1.82) is 0 Å². The van der Waals surface area contributed by atoms with E-state index < -0.39 is 0 Å². The molecule has 7 nitrogen and oxygen atoms in total. The lowest BCUT2D eigenvalue weighted by molar-refractivity contribution is 0.188. The number of methoxy groups -OCH3 is 1. The van der Waals surface area contributed by atoms with Crippen LogP contribution in [0.15, 0.2) is 55.0 Å². The summed E-state index contributed by atoms with van der Waals surface area (Å²) in [5.74, 6) is 1.94. The minimum absolute atomic E-state index is 0.503. The third-order valence-electron chi connectivity index (χ3n) is 6.18. The number of nitrogens with zero attached hydrogens (tertiary/aromatic N) is 4. The lowest BCUT2D eigenvalue weighted by Crippen LogP contribution is -2.34. The topological polar surface area (TPSA) is 82.1 Å². The van der Waals surface area contributed by atoms with Crippen molar-refractivity contribution >= 4 is 21.9 Å². The largest absolute Gasteiger partial charge is 0.497 e. The summed E-state index contributed by atoms with van der Waals surface area (Å²) in [5.41, 5.74) is 3.73. The fourth-order valence-corrected chi connectivity index (χ4v) is 4.31. The van der Waals surface area contributed by atoms with Crippen LogP contribution in [0.5, 0.6) is 11.6 Å². The molecule has 32 heavy (non-hydrogen) atoms. The quantitative estimate of drug-likeness (QED) is 0.469. The number of benzene rings is 2. The normalized spacial score (nSPS) is 18.7. The van der Waals surface area contributed by atoms with Crippen LogP contribution in [0.3, 0.4) is 0 Å². The van der Waals surface area contributed by atoms with E-state index in [2.05, 4.69) is 20.3 Å². The van der Waals surface area contributed by atoms with E-state index in [0.717, 1.165) is 65.6 Å². The average molecular weight is 430 g/mol. The highest BCUT2D eigenvalue weighted by Gasteiger charge is 2.22. The molecule has 4 aromatic rings. The van der Waals surface area contributed by atoms with Gasteiger partial charge in [0.25, 0.3) is 0 Å². The lowest BCUT2D eigenvalue weighted by Gasteiger charge is -2.29. The van der Waals surface area contributed by atoms with Gasteiger partial charge in [-0.05, 0) is 61.9 Å². The predicted octanol–water partition coefficient (Wildman–Crippen LogP) is 4.31. The number of para-hydroxylation sites is 2. The van der Waals surface area contributed by atoms with Crippen molar-refractivity contribution < 1.29 is 9.47 Å². The van der Waals surface area contributed by atoms with Gasteiger partial charge in [-0.25, -0.2) is 15.0 Å². The van der Waals surface area contributed by atoms with Gasteiger partial charge in [-0.1, -0.05) is 12.1 Å². The molecule has 7 heteroatoms. The number of hydrogen-bond donors (Lipinski definition) is 1. The second-order valence-corrected chi connectivity index (χ2v) is 8.32. The summed E-state index contributed by atoms with van der Waals surface area (Å²) >= 11 is 0. The number of rotatable bonds is 7. The van der Waals surface area contributed by atoms with E-state index in [1.54, 1.807) is 13.4 Å². The van der Waals surface area contributed by atoms with Gasteiger partial charge in [-0.15, -0.1) is 0 Å². The molecule has 0 aliphatic heterocycles. The number of fused-ring (bicyclic) bond motifs is 2. The minimum atomic E-state index is 0.503. The number of ether oxygens (including phenoxy) is 2. The van der Waals surface area contributed by atoms with Crippen LogP contribution in [0.25, 0.3) is 21.9 Å². The van der Waals surface area contributed by atoms with E-state index in [-0.39, 0.29) is 0 Å². The van der Waals surface area contributed by atoms with E-state index in [4.69, 9.17) is 14.5 Å². The molecule has 0 amide bonds. The Labute approximate surface area is 187 Å². The molecule has 1 saturated carbocycles. The molecule has 1 aliphatic rings. The summed E-state index contributed by atoms with van der Waals surface area (Å²) < 4.78 is 11.5. The first kappa shape index (κ1) is 20.6. The monoisotopic (exact) mass is 429 g/mol. The zero-order valence-corrected chi connectivity index (χ0v) is 18.2. The molecule has 2 aromatic heterocycles. The van der Waals surface area contributed by atoms with Crippen LogP contribution in [-0.4, -0.2) is 39.7 Å². The average Bonchev–Trinajstić information content (AvgIpc) is 2.86. The molecular formula is C25H27N5O2. The van der Waals surface area contributed by atoms with Crippen molar-refractivity contribution in [2.24, 2.45) is 5.92 Å². The van der Waals surface area contributed by atoms with Gasteiger partial charge in [0, 0.05) is 12.6 Å². The Bertz CT molecular complexity index is 1210. The van der Waals surface area contributed by atoms with Gasteiger partial charge in [0.1, 0.15) is 12.1 Å². The van der Waals surface area contributed by atoms with Crippen molar-refractivity contribution in [3.05, 3.63) is 60.7 Å². The standard InChI is InChI=1S/C25H27N5O2/c1-31-20-10-11-22-21(12-20)25(29-16-28-22)32-15-17-6-8-18(9-7-17)26-13-19-14-27-23-4-2-3-5-24(23)30-19/h2-5,10-12,14,16-18,26H,6-9,13,15H2,1H3. The van der Waals surface area contributed by atoms with Crippen LogP contribution < -0.4 is 14.8 Å². The molecule has 1 aliphatic carbocycles. The van der Waals surface area contributed by atoms with E-state index >= 15 is 0 Å². The maximum absolute atomic E-state index is 6.12. The summed E-state index contributed by atoms with van der Waals surface area (Å²) in [7, 11) is 1.66. The Hall–Kier alpha value is -3.32. The number of aromatic nitrogens is 4. The van der Waals surface area contributed by atoms with Crippen LogP contribution in [0.1, 0.15) is 31.4 Å². The zero-order chi connectivity index (χ0) is 21.8.